The molecule has 0 spiro atoms. The molecule has 4 saturated heterocycles. The molecule has 0 bridgehead atoms. The number of halogens is 1. The van der Waals surface area contributed by atoms with Gasteiger partial charge in [0.25, 0.3) is 17.4 Å². The molecule has 6 amide bonds. The number of nitrogens with one attached hydrogen (secondary N) is 2. The van der Waals surface area contributed by atoms with Gasteiger partial charge >= 0.3 is 6.09 Å². The molecule has 85 heavy (non-hydrogen) atoms. The first-order chi connectivity index (χ1) is 41.0. The second-order valence-electron chi connectivity index (χ2n) is 24.9. The zero-order valence-corrected chi connectivity index (χ0v) is 49.5. The first-order valence-electron chi connectivity index (χ1n) is 30.6. The first kappa shape index (κ1) is 60.5. The topological polar surface area (TPSA) is 205 Å². The van der Waals surface area contributed by atoms with E-state index in [2.05, 4.69) is 30.3 Å². The van der Waals surface area contributed by atoms with Crippen LogP contribution in [0.5, 0.6) is 0 Å². The third kappa shape index (κ3) is 15.7. The summed E-state index contributed by atoms with van der Waals surface area (Å²) in [6.45, 7) is 13.2. The summed E-state index contributed by atoms with van der Waals surface area (Å²) in [5, 5.41) is 11.2. The minimum atomic E-state index is -0.740. The summed E-state index contributed by atoms with van der Waals surface area (Å²) in [4.78, 5) is 113. The number of amides is 6. The van der Waals surface area contributed by atoms with Crippen LogP contribution < -0.4 is 10.9 Å². The van der Waals surface area contributed by atoms with Crippen LogP contribution in [0.1, 0.15) is 128 Å². The highest BCUT2D eigenvalue weighted by atomic mass is 19.1. The summed E-state index contributed by atoms with van der Waals surface area (Å²) in [5.74, 6) is -0.982. The third-order valence-corrected chi connectivity index (χ3v) is 17.7. The summed E-state index contributed by atoms with van der Waals surface area (Å²) in [6.07, 6.45) is 9.84. The molecule has 6 heterocycles. The number of aromatic amines is 1. The van der Waals surface area contributed by atoms with Gasteiger partial charge in [0, 0.05) is 101 Å². The number of piperidine rings is 2. The quantitative estimate of drug-likeness (QED) is 0.106. The van der Waals surface area contributed by atoms with Gasteiger partial charge in [-0.1, -0.05) is 61.7 Å². The Hall–Kier alpha value is -7.58. The Kier molecular flexibility index (Phi) is 19.7. The highest BCUT2D eigenvalue weighted by Gasteiger charge is 2.37. The molecule has 19 nitrogen and oxygen atoms in total. The van der Waals surface area contributed by atoms with Gasteiger partial charge in [0.2, 0.25) is 17.7 Å². The summed E-state index contributed by atoms with van der Waals surface area (Å²) in [5.41, 5.74) is 2.33. The van der Waals surface area contributed by atoms with Crippen molar-refractivity contribution >= 4 is 46.4 Å². The average Bonchev–Trinajstić information content (AvgIpc) is 3.15. The number of hydrogen-bond donors (Lipinski definition) is 2. The predicted molar refractivity (Wildman–Crippen MR) is 320 cm³/mol. The Morgan fingerprint density at radius 3 is 2.16 bits per heavy atom. The molecule has 1 unspecified atom stereocenters. The summed E-state index contributed by atoms with van der Waals surface area (Å²) in [7, 11) is 0. The minimum Gasteiger partial charge on any atom is -0.444 e. The minimum absolute atomic E-state index is 0.0155. The molecule has 3 aromatic carbocycles. The predicted octanol–water partition coefficient (Wildman–Crippen LogP) is 6.71. The second-order valence-corrected chi connectivity index (χ2v) is 24.9. The number of nitrogens with zero attached hydrogens (tertiary/aromatic N) is 9. The number of aromatic nitrogens is 3. The number of carbonyl (C=O) groups is 6. The number of pyridine rings is 1. The normalized spacial score (nSPS) is 19.1. The van der Waals surface area contributed by atoms with Crippen molar-refractivity contribution in [3.63, 3.8) is 0 Å². The molecular weight excluding hydrogens is 1080 g/mol. The number of likely N-dealkylation sites (tertiary alicyclic amines) is 2. The molecule has 2 aromatic heterocycles. The van der Waals surface area contributed by atoms with E-state index >= 15 is 4.39 Å². The van der Waals surface area contributed by atoms with Crippen molar-refractivity contribution < 1.29 is 37.9 Å². The molecule has 452 valence electrons. The van der Waals surface area contributed by atoms with Gasteiger partial charge in [-0.3, -0.25) is 48.5 Å². The van der Waals surface area contributed by atoms with Gasteiger partial charge in [-0.15, -0.1) is 0 Å². The number of carbonyl (C=O) groups excluding carboxylic acids is 6. The van der Waals surface area contributed by atoms with Crippen molar-refractivity contribution in [3.8, 4) is 0 Å². The number of piperazine rings is 2. The van der Waals surface area contributed by atoms with Crippen molar-refractivity contribution in [2.75, 3.05) is 98.2 Å². The van der Waals surface area contributed by atoms with Crippen molar-refractivity contribution in [1.29, 1.82) is 0 Å². The van der Waals surface area contributed by atoms with E-state index in [1.54, 1.807) is 78.1 Å². The number of H-pyrrole nitrogens is 1. The molecule has 1 saturated carbocycles. The maximum Gasteiger partial charge on any atom is 0.411 e. The van der Waals surface area contributed by atoms with E-state index in [-0.39, 0.29) is 59.7 Å². The lowest BCUT2D eigenvalue weighted by molar-refractivity contribution is -0.137. The van der Waals surface area contributed by atoms with Crippen LogP contribution in [0.15, 0.2) is 95.9 Å². The van der Waals surface area contributed by atoms with Gasteiger partial charge < -0.3 is 29.7 Å². The van der Waals surface area contributed by atoms with E-state index in [1.165, 1.54) is 11.0 Å². The van der Waals surface area contributed by atoms with Gasteiger partial charge in [-0.05, 0) is 138 Å². The number of benzene rings is 3. The Morgan fingerprint density at radius 2 is 1.44 bits per heavy atom. The molecule has 0 radical (unpaired) electrons. The van der Waals surface area contributed by atoms with Crippen LogP contribution in [0.4, 0.5) is 9.18 Å². The Balaban J connectivity index is 0.663. The van der Waals surface area contributed by atoms with Gasteiger partial charge in [0.15, 0.2) is 0 Å². The molecule has 20 heteroatoms. The molecule has 4 aliphatic heterocycles. The molecule has 1 aliphatic carbocycles. The largest absolute Gasteiger partial charge is 0.444 e. The fourth-order valence-corrected chi connectivity index (χ4v) is 13.0. The molecule has 2 N–H and O–H groups in total. The average molecular weight is 1160 g/mol. The highest BCUT2D eigenvalue weighted by molar-refractivity contribution is 5.98. The van der Waals surface area contributed by atoms with Crippen LogP contribution >= 0.6 is 0 Å². The van der Waals surface area contributed by atoms with Crippen LogP contribution in [0.3, 0.4) is 0 Å². The lowest BCUT2D eigenvalue weighted by atomic mass is 9.83. The Labute approximate surface area is 497 Å². The molecule has 5 aliphatic rings. The van der Waals surface area contributed by atoms with Crippen molar-refractivity contribution in [3.05, 3.63) is 141 Å². The van der Waals surface area contributed by atoms with Gasteiger partial charge in [-0.25, -0.2) is 14.3 Å². The standard InChI is InChI=1S/C65H82FN11O8/c1-65(2,3)85-64(84)77(42-51-18-9-10-25-67-51)44-58(79)76-26-12-17-50(41-76)48-15-11-16-49(39-48)60(80)68-59(47-13-5-4-6-14-47)63(83)75-31-29-72(30-32-75)40-45-23-27-71(28-24-45)43-57(78)73-33-35-74(36-34-73)62(82)54-37-46(21-22-55(54)66)38-56-52-19-7-8-20-53(52)61(81)70-69-56/h7-11,15-16,18-22,25,37,39,45,47,50,59H,4-6,12-14,17,23-24,26-36,38,40-44H2,1-3H3,(H,68,80)(H,70,81)/t50?,59-/m1/s1. The zero-order chi connectivity index (χ0) is 59.6. The van der Waals surface area contributed by atoms with Gasteiger partial charge in [0.1, 0.15) is 24.0 Å². The van der Waals surface area contributed by atoms with Crippen LogP contribution in [-0.4, -0.2) is 195 Å². The SMILES string of the molecule is CC(C)(C)OC(=O)N(CC(=O)N1CCCC(c2cccc(C(=O)N[C@@H](C(=O)N3CCN(CC4CCN(CC(=O)N5CCN(C(=O)c6cc(Cc7n[nH]c(=O)c8ccccc78)ccc6F)CC5)CC4)CC3)C3CCCCC3)c2)C1)Cc1ccccn1. The smallest absolute Gasteiger partial charge is 0.411 e. The fraction of sp³-hybridized carbons (Fsp3) is 0.523. The molecule has 2 atom stereocenters. The number of ether oxygens (including phenoxy) is 1. The van der Waals surface area contributed by atoms with E-state index in [4.69, 9.17) is 4.74 Å². The fourth-order valence-electron chi connectivity index (χ4n) is 13.0. The zero-order valence-electron chi connectivity index (χ0n) is 49.5. The molecular formula is C65H82FN11O8. The van der Waals surface area contributed by atoms with E-state index in [1.807, 2.05) is 47.4 Å². The van der Waals surface area contributed by atoms with Crippen molar-refractivity contribution in [2.24, 2.45) is 11.8 Å². The summed E-state index contributed by atoms with van der Waals surface area (Å²) < 4.78 is 20.9. The summed E-state index contributed by atoms with van der Waals surface area (Å²) in [6, 6.07) is 24.0. The second kappa shape index (κ2) is 27.6. The van der Waals surface area contributed by atoms with E-state index in [9.17, 15) is 33.6 Å². The van der Waals surface area contributed by atoms with E-state index in [0.717, 1.165) is 96.1 Å². The van der Waals surface area contributed by atoms with Crippen LogP contribution in [0, 0.1) is 17.7 Å². The third-order valence-electron chi connectivity index (χ3n) is 17.7. The first-order valence-corrected chi connectivity index (χ1v) is 30.6. The highest BCUT2D eigenvalue weighted by Crippen LogP contribution is 2.31. The molecule has 5 fully saturated rings. The lowest BCUT2D eigenvalue weighted by Gasteiger charge is -2.41. The molecule has 5 aromatic rings. The Morgan fingerprint density at radius 1 is 0.718 bits per heavy atom. The lowest BCUT2D eigenvalue weighted by Crippen LogP contribution is -2.57. The van der Waals surface area contributed by atoms with Crippen LogP contribution in [-0.2, 0) is 32.1 Å². The van der Waals surface area contributed by atoms with Crippen molar-refractivity contribution in [1.82, 2.24) is 54.8 Å². The van der Waals surface area contributed by atoms with Gasteiger partial charge in [-0.2, -0.15) is 5.10 Å². The number of hydrogen-bond acceptors (Lipinski definition) is 12. The van der Waals surface area contributed by atoms with Crippen LogP contribution in [0.2, 0.25) is 0 Å². The van der Waals surface area contributed by atoms with E-state index in [0.29, 0.717) is 105 Å². The number of fused-ring (bicyclic) bond motifs is 1. The van der Waals surface area contributed by atoms with E-state index < -0.39 is 29.5 Å². The van der Waals surface area contributed by atoms with Crippen LogP contribution in [0.25, 0.3) is 10.8 Å². The van der Waals surface area contributed by atoms with Crippen molar-refractivity contribution in [2.45, 2.75) is 109 Å². The summed E-state index contributed by atoms with van der Waals surface area (Å²) >= 11 is 0. The molecule has 10 rings (SSSR count). The van der Waals surface area contributed by atoms with Gasteiger partial charge in [0.05, 0.1) is 35.4 Å². The number of rotatable bonds is 16. The monoisotopic (exact) mass is 1160 g/mol. The maximum atomic E-state index is 15.2. The maximum absolute atomic E-state index is 15.2. The Bertz CT molecular complexity index is 3230.